The molecule has 1 rings (SSSR count). The van der Waals surface area contributed by atoms with Crippen LogP contribution in [-0.4, -0.2) is 19.1 Å². The number of halogens is 4. The molecule has 0 aliphatic carbocycles. The summed E-state index contributed by atoms with van der Waals surface area (Å²) in [7, 11) is 0. The fourth-order valence-corrected chi connectivity index (χ4v) is 0.945. The molecule has 15 heavy (non-hydrogen) atoms. The first-order chi connectivity index (χ1) is 7.02. The van der Waals surface area contributed by atoms with E-state index in [0.29, 0.717) is 0 Å². The second kappa shape index (κ2) is 6.16. The van der Waals surface area contributed by atoms with Crippen LogP contribution in [0.15, 0.2) is 30.3 Å². The van der Waals surface area contributed by atoms with Gasteiger partial charge in [0.2, 0.25) is 0 Å². The first-order valence-corrected chi connectivity index (χ1v) is 4.01. The summed E-state index contributed by atoms with van der Waals surface area (Å²) in [6.45, 7) is 2.00. The number of rotatable bonds is 3. The molecule has 1 aromatic carbocycles. The maximum Gasteiger partial charge on any atom is 0.311 e. The average Bonchev–Trinajstić information content (AvgIpc) is 2.21. The van der Waals surface area contributed by atoms with Gasteiger partial charge < -0.3 is 4.79 Å². The lowest BCUT2D eigenvalue weighted by Gasteiger charge is -2.14. The molecule has 1 aromatic rings. The quantitative estimate of drug-likeness (QED) is 0.718. The van der Waals surface area contributed by atoms with Crippen molar-refractivity contribution in [1.29, 1.82) is 0 Å². The van der Waals surface area contributed by atoms with Crippen LogP contribution in [-0.2, 0) is 11.2 Å². The first kappa shape index (κ1) is 13.6. The van der Waals surface area contributed by atoms with Gasteiger partial charge in [-0.15, -0.1) is 0 Å². The highest BCUT2D eigenvalue weighted by molar-refractivity contribution is 5.16. The Labute approximate surface area is 84.7 Å². The van der Waals surface area contributed by atoms with Crippen LogP contribution in [0.2, 0.25) is 0 Å². The Kier molecular flexibility index (Phi) is 5.59. The summed E-state index contributed by atoms with van der Waals surface area (Å²) in [6, 6.07) is 7.52. The van der Waals surface area contributed by atoms with E-state index in [1.165, 1.54) is 24.3 Å². The molecule has 0 amide bonds. The summed E-state index contributed by atoms with van der Waals surface area (Å²) in [5, 5.41) is 0. The van der Waals surface area contributed by atoms with E-state index in [1.54, 1.807) is 6.07 Å². The van der Waals surface area contributed by atoms with E-state index in [9.17, 15) is 17.6 Å². The highest BCUT2D eigenvalue weighted by atomic mass is 19.3. The molecule has 0 N–H and O–H groups in total. The van der Waals surface area contributed by atoms with Crippen molar-refractivity contribution in [2.45, 2.75) is 18.8 Å². The minimum absolute atomic E-state index is 0.216. The van der Waals surface area contributed by atoms with Gasteiger partial charge in [-0.05, 0) is 5.56 Å². The van der Waals surface area contributed by atoms with E-state index >= 15 is 0 Å². The standard InChI is InChI=1S/C9H8F4.CH2O/c10-8(11)9(12,13)6-7-4-2-1-3-5-7;1-2/h1-5,8H,6H2;1H2. The third kappa shape index (κ3) is 4.58. The summed E-state index contributed by atoms with van der Waals surface area (Å²) >= 11 is 0. The van der Waals surface area contributed by atoms with Crippen LogP contribution in [0.3, 0.4) is 0 Å². The van der Waals surface area contributed by atoms with Gasteiger partial charge in [0.15, 0.2) is 0 Å². The van der Waals surface area contributed by atoms with Crippen molar-refractivity contribution in [1.82, 2.24) is 0 Å². The van der Waals surface area contributed by atoms with E-state index in [2.05, 4.69) is 0 Å². The van der Waals surface area contributed by atoms with Gasteiger partial charge in [0.25, 0.3) is 0 Å². The van der Waals surface area contributed by atoms with E-state index in [4.69, 9.17) is 4.79 Å². The van der Waals surface area contributed by atoms with Gasteiger partial charge in [0.05, 0.1) is 0 Å². The largest absolute Gasteiger partial charge is 0.311 e. The Hall–Kier alpha value is -1.39. The molecular formula is C10H10F4O. The van der Waals surface area contributed by atoms with E-state index in [-0.39, 0.29) is 5.56 Å². The first-order valence-electron chi connectivity index (χ1n) is 4.01. The zero-order valence-electron chi connectivity index (χ0n) is 7.80. The number of hydrogen-bond acceptors (Lipinski definition) is 1. The maximum absolute atomic E-state index is 12.5. The number of alkyl halides is 4. The van der Waals surface area contributed by atoms with Gasteiger partial charge in [-0.1, -0.05) is 30.3 Å². The molecule has 0 aliphatic heterocycles. The number of carbonyl (C=O) groups is 1. The van der Waals surface area contributed by atoms with Crippen LogP contribution >= 0.6 is 0 Å². The van der Waals surface area contributed by atoms with Gasteiger partial charge in [-0.25, -0.2) is 8.78 Å². The van der Waals surface area contributed by atoms with Crippen molar-refractivity contribution >= 4 is 6.79 Å². The third-order valence-corrected chi connectivity index (χ3v) is 1.60. The summed E-state index contributed by atoms with van der Waals surface area (Å²) in [5.74, 6) is -3.93. The van der Waals surface area contributed by atoms with E-state index < -0.39 is 18.8 Å². The Morgan fingerprint density at radius 2 is 1.60 bits per heavy atom. The highest BCUT2D eigenvalue weighted by Crippen LogP contribution is 2.26. The molecule has 0 heterocycles. The summed E-state index contributed by atoms with van der Waals surface area (Å²) in [4.78, 5) is 8.00. The Morgan fingerprint density at radius 3 is 2.00 bits per heavy atom. The Balaban J connectivity index is 0.000000921. The molecule has 0 fully saturated rings. The molecule has 84 valence electrons. The van der Waals surface area contributed by atoms with Crippen LogP contribution in [0.1, 0.15) is 5.56 Å². The molecule has 1 nitrogen and oxygen atoms in total. The van der Waals surface area contributed by atoms with Crippen molar-refractivity contribution in [2.75, 3.05) is 0 Å². The number of hydrogen-bond donors (Lipinski definition) is 0. The van der Waals surface area contributed by atoms with Crippen molar-refractivity contribution in [3.05, 3.63) is 35.9 Å². The molecule has 0 unspecified atom stereocenters. The minimum Gasteiger partial charge on any atom is -0.307 e. The fraction of sp³-hybridized carbons (Fsp3) is 0.300. The lowest BCUT2D eigenvalue weighted by molar-refractivity contribution is -0.127. The smallest absolute Gasteiger partial charge is 0.307 e. The molecule has 0 spiro atoms. The van der Waals surface area contributed by atoms with Crippen molar-refractivity contribution in [3.8, 4) is 0 Å². The van der Waals surface area contributed by atoms with Crippen LogP contribution in [0.25, 0.3) is 0 Å². The molecular weight excluding hydrogens is 212 g/mol. The molecule has 0 radical (unpaired) electrons. The van der Waals surface area contributed by atoms with Crippen molar-refractivity contribution < 1.29 is 22.4 Å². The van der Waals surface area contributed by atoms with Gasteiger partial charge >= 0.3 is 12.3 Å². The number of benzene rings is 1. The lowest BCUT2D eigenvalue weighted by atomic mass is 10.1. The second-order valence-electron chi connectivity index (χ2n) is 2.72. The molecule has 0 saturated carbocycles. The zero-order valence-corrected chi connectivity index (χ0v) is 7.80. The summed E-state index contributed by atoms with van der Waals surface area (Å²) < 4.78 is 48.5. The Bertz CT molecular complexity index is 274. The Morgan fingerprint density at radius 1 is 1.13 bits per heavy atom. The number of carbonyl (C=O) groups excluding carboxylic acids is 1. The minimum atomic E-state index is -3.93. The second-order valence-corrected chi connectivity index (χ2v) is 2.72. The predicted molar refractivity (Wildman–Crippen MR) is 48.2 cm³/mol. The normalized spacial score (nSPS) is 10.7. The monoisotopic (exact) mass is 222 g/mol. The van der Waals surface area contributed by atoms with Crippen LogP contribution in [0.5, 0.6) is 0 Å². The fourth-order valence-electron chi connectivity index (χ4n) is 0.945. The zero-order chi connectivity index (χ0) is 11.9. The maximum atomic E-state index is 12.5. The molecule has 0 aromatic heterocycles. The SMILES string of the molecule is C=O.FC(F)C(F)(F)Cc1ccccc1. The van der Waals surface area contributed by atoms with Crippen LogP contribution < -0.4 is 0 Å². The topological polar surface area (TPSA) is 17.1 Å². The van der Waals surface area contributed by atoms with Crippen molar-refractivity contribution in [3.63, 3.8) is 0 Å². The van der Waals surface area contributed by atoms with Crippen LogP contribution in [0.4, 0.5) is 17.6 Å². The molecule has 0 bridgehead atoms. The predicted octanol–water partition coefficient (Wildman–Crippen LogP) is 2.94. The summed E-state index contributed by atoms with van der Waals surface area (Å²) in [5.41, 5.74) is 0.216. The average molecular weight is 222 g/mol. The third-order valence-electron chi connectivity index (χ3n) is 1.60. The van der Waals surface area contributed by atoms with Crippen LogP contribution in [0, 0.1) is 0 Å². The molecule has 0 saturated heterocycles. The lowest BCUT2D eigenvalue weighted by Crippen LogP contribution is -2.28. The van der Waals surface area contributed by atoms with Gasteiger partial charge in [0, 0.05) is 6.42 Å². The van der Waals surface area contributed by atoms with Crippen molar-refractivity contribution in [2.24, 2.45) is 0 Å². The van der Waals surface area contributed by atoms with Gasteiger partial charge in [-0.2, -0.15) is 8.78 Å². The molecule has 0 aliphatic rings. The highest BCUT2D eigenvalue weighted by Gasteiger charge is 2.40. The van der Waals surface area contributed by atoms with Gasteiger partial charge in [-0.3, -0.25) is 0 Å². The van der Waals surface area contributed by atoms with Gasteiger partial charge in [0.1, 0.15) is 6.79 Å². The van der Waals surface area contributed by atoms with E-state index in [1.807, 2.05) is 6.79 Å². The molecule has 0 atom stereocenters. The van der Waals surface area contributed by atoms with E-state index in [0.717, 1.165) is 0 Å². The molecule has 5 heteroatoms. The summed E-state index contributed by atoms with van der Waals surface area (Å²) in [6.07, 6.45) is -4.52.